The molecule has 158 valence electrons. The number of benzene rings is 3. The number of carbonyl (C=O) groups is 2. The summed E-state index contributed by atoms with van der Waals surface area (Å²) in [6, 6.07) is 20.2. The van der Waals surface area contributed by atoms with Crippen molar-refractivity contribution in [1.29, 1.82) is 0 Å². The normalized spacial score (nSPS) is 16.6. The lowest BCUT2D eigenvalue weighted by atomic mass is 9.97. The molecule has 0 spiro atoms. The Morgan fingerprint density at radius 3 is 2.13 bits per heavy atom. The number of nitrogens with zero attached hydrogens (tertiary/aromatic N) is 2. The van der Waals surface area contributed by atoms with Crippen molar-refractivity contribution in [2.75, 3.05) is 23.5 Å². The standard InChI is InChI=1S/C26H26N2O3/c1-17-6-11-21(12-7-17)27-16-24(29)28(23-15-18(2)5-8-19(23)3)25(26(27)30)20-9-13-22(31-4)14-10-20/h5-15,25H,16H2,1-4H3/t25-/m1/s1. The minimum atomic E-state index is -0.756. The third-order valence-electron chi connectivity index (χ3n) is 5.72. The van der Waals surface area contributed by atoms with Gasteiger partial charge in [0.25, 0.3) is 5.91 Å². The molecule has 0 unspecified atom stereocenters. The molecule has 1 aliphatic rings. The second-order valence-electron chi connectivity index (χ2n) is 7.99. The van der Waals surface area contributed by atoms with Crippen LogP contribution >= 0.6 is 0 Å². The van der Waals surface area contributed by atoms with Crippen LogP contribution < -0.4 is 14.5 Å². The Labute approximate surface area is 182 Å². The summed E-state index contributed by atoms with van der Waals surface area (Å²) in [7, 11) is 1.60. The maximum Gasteiger partial charge on any atom is 0.255 e. The van der Waals surface area contributed by atoms with Crippen molar-refractivity contribution in [1.82, 2.24) is 0 Å². The number of amides is 2. The van der Waals surface area contributed by atoms with Gasteiger partial charge >= 0.3 is 0 Å². The van der Waals surface area contributed by atoms with Crippen LogP contribution in [0.25, 0.3) is 0 Å². The van der Waals surface area contributed by atoms with E-state index in [2.05, 4.69) is 0 Å². The highest BCUT2D eigenvalue weighted by Crippen LogP contribution is 2.37. The van der Waals surface area contributed by atoms with Gasteiger partial charge in [-0.1, -0.05) is 42.0 Å². The number of hydrogen-bond donors (Lipinski definition) is 0. The van der Waals surface area contributed by atoms with Gasteiger partial charge in [-0.25, -0.2) is 0 Å². The van der Waals surface area contributed by atoms with Crippen LogP contribution in [0, 0.1) is 20.8 Å². The van der Waals surface area contributed by atoms with Gasteiger partial charge in [-0.05, 0) is 67.8 Å². The molecule has 0 aliphatic carbocycles. The summed E-state index contributed by atoms with van der Waals surface area (Å²) in [5, 5.41) is 0. The molecule has 0 bridgehead atoms. The third-order valence-corrected chi connectivity index (χ3v) is 5.72. The second kappa shape index (κ2) is 8.26. The van der Waals surface area contributed by atoms with Crippen LogP contribution in [0.3, 0.4) is 0 Å². The van der Waals surface area contributed by atoms with E-state index in [9.17, 15) is 9.59 Å². The summed E-state index contributed by atoms with van der Waals surface area (Å²) in [5.41, 5.74) is 5.33. The number of ether oxygens (including phenoxy) is 1. The molecule has 1 atom stereocenters. The van der Waals surface area contributed by atoms with Gasteiger partial charge in [0.05, 0.1) is 7.11 Å². The summed E-state index contributed by atoms with van der Waals surface area (Å²) in [6.45, 7) is 5.95. The summed E-state index contributed by atoms with van der Waals surface area (Å²) in [6.07, 6.45) is 0. The zero-order valence-electron chi connectivity index (χ0n) is 18.3. The molecule has 1 saturated heterocycles. The number of anilines is 2. The Morgan fingerprint density at radius 1 is 0.839 bits per heavy atom. The zero-order valence-corrected chi connectivity index (χ0v) is 18.3. The van der Waals surface area contributed by atoms with Crippen LogP contribution in [0.1, 0.15) is 28.3 Å². The molecule has 1 fully saturated rings. The molecule has 2 amide bonds. The van der Waals surface area contributed by atoms with Crippen LogP contribution in [-0.2, 0) is 9.59 Å². The number of hydrogen-bond acceptors (Lipinski definition) is 3. The molecule has 5 heteroatoms. The summed E-state index contributed by atoms with van der Waals surface area (Å²) >= 11 is 0. The molecule has 31 heavy (non-hydrogen) atoms. The van der Waals surface area contributed by atoms with E-state index in [1.54, 1.807) is 16.9 Å². The molecule has 3 aromatic carbocycles. The summed E-state index contributed by atoms with van der Waals surface area (Å²) in [5.74, 6) is 0.455. The average Bonchev–Trinajstić information content (AvgIpc) is 2.77. The fourth-order valence-electron chi connectivity index (χ4n) is 3.96. The van der Waals surface area contributed by atoms with E-state index >= 15 is 0 Å². The van der Waals surface area contributed by atoms with Crippen LogP contribution in [-0.4, -0.2) is 25.5 Å². The lowest BCUT2D eigenvalue weighted by molar-refractivity contribution is -0.128. The SMILES string of the molecule is COc1ccc([C@@H]2C(=O)N(c3ccc(C)cc3)CC(=O)N2c2cc(C)ccc2C)cc1. The van der Waals surface area contributed by atoms with Crippen molar-refractivity contribution in [2.45, 2.75) is 26.8 Å². The molecule has 5 nitrogen and oxygen atoms in total. The number of rotatable bonds is 4. The molecule has 1 heterocycles. The Balaban J connectivity index is 1.84. The molecule has 0 N–H and O–H groups in total. The van der Waals surface area contributed by atoms with Crippen LogP contribution in [0.15, 0.2) is 66.7 Å². The second-order valence-corrected chi connectivity index (χ2v) is 7.99. The number of aryl methyl sites for hydroxylation is 3. The van der Waals surface area contributed by atoms with Gasteiger partial charge in [0.15, 0.2) is 0 Å². The Bertz CT molecular complexity index is 1120. The quantitative estimate of drug-likeness (QED) is 0.620. The molecule has 0 saturated carbocycles. The van der Waals surface area contributed by atoms with Crippen molar-refractivity contribution in [2.24, 2.45) is 0 Å². The minimum Gasteiger partial charge on any atom is -0.497 e. The molecule has 3 aromatic rings. The van der Waals surface area contributed by atoms with Crippen molar-refractivity contribution >= 4 is 23.2 Å². The van der Waals surface area contributed by atoms with Gasteiger partial charge in [-0.15, -0.1) is 0 Å². The topological polar surface area (TPSA) is 49.9 Å². The van der Waals surface area contributed by atoms with Gasteiger partial charge in [-0.3, -0.25) is 14.5 Å². The van der Waals surface area contributed by atoms with Gasteiger partial charge in [0.1, 0.15) is 18.3 Å². The monoisotopic (exact) mass is 414 g/mol. The van der Waals surface area contributed by atoms with Crippen LogP contribution in [0.4, 0.5) is 11.4 Å². The lowest BCUT2D eigenvalue weighted by Gasteiger charge is -2.41. The smallest absolute Gasteiger partial charge is 0.255 e. The highest BCUT2D eigenvalue weighted by Gasteiger charge is 2.42. The van der Waals surface area contributed by atoms with Crippen LogP contribution in [0.5, 0.6) is 5.75 Å². The van der Waals surface area contributed by atoms with Crippen molar-refractivity contribution in [3.05, 3.63) is 89.0 Å². The molecule has 0 radical (unpaired) electrons. The van der Waals surface area contributed by atoms with E-state index < -0.39 is 6.04 Å². The van der Waals surface area contributed by atoms with Crippen molar-refractivity contribution < 1.29 is 14.3 Å². The van der Waals surface area contributed by atoms with E-state index in [1.807, 2.05) is 87.5 Å². The molecule has 1 aliphatic heterocycles. The van der Waals surface area contributed by atoms with E-state index in [0.29, 0.717) is 5.75 Å². The predicted octanol–water partition coefficient (Wildman–Crippen LogP) is 4.74. The van der Waals surface area contributed by atoms with Gasteiger partial charge < -0.3 is 9.64 Å². The van der Waals surface area contributed by atoms with Crippen molar-refractivity contribution in [3.8, 4) is 5.75 Å². The van der Waals surface area contributed by atoms with Crippen molar-refractivity contribution in [3.63, 3.8) is 0 Å². The van der Waals surface area contributed by atoms with E-state index in [-0.39, 0.29) is 18.4 Å². The van der Waals surface area contributed by atoms with E-state index in [0.717, 1.165) is 33.6 Å². The molecular formula is C26H26N2O3. The summed E-state index contributed by atoms with van der Waals surface area (Å²) < 4.78 is 5.28. The maximum atomic E-state index is 13.8. The predicted molar refractivity (Wildman–Crippen MR) is 123 cm³/mol. The summed E-state index contributed by atoms with van der Waals surface area (Å²) in [4.78, 5) is 30.5. The highest BCUT2D eigenvalue weighted by molar-refractivity contribution is 6.14. The molecular weight excluding hydrogens is 388 g/mol. The first-order valence-corrected chi connectivity index (χ1v) is 10.3. The van der Waals surface area contributed by atoms with E-state index in [1.165, 1.54) is 0 Å². The van der Waals surface area contributed by atoms with Gasteiger partial charge in [0.2, 0.25) is 5.91 Å². The Morgan fingerprint density at radius 2 is 1.48 bits per heavy atom. The first kappa shape index (κ1) is 20.7. The number of piperazine rings is 1. The van der Waals surface area contributed by atoms with Crippen LogP contribution in [0.2, 0.25) is 0 Å². The zero-order chi connectivity index (χ0) is 22.1. The van der Waals surface area contributed by atoms with Gasteiger partial charge in [0, 0.05) is 11.4 Å². The highest BCUT2D eigenvalue weighted by atomic mass is 16.5. The molecule has 0 aromatic heterocycles. The Kier molecular flexibility index (Phi) is 5.51. The first-order valence-electron chi connectivity index (χ1n) is 10.3. The average molecular weight is 415 g/mol. The molecule has 4 rings (SSSR count). The van der Waals surface area contributed by atoms with Gasteiger partial charge in [-0.2, -0.15) is 0 Å². The minimum absolute atomic E-state index is 0.00192. The first-order chi connectivity index (χ1) is 14.9. The lowest BCUT2D eigenvalue weighted by Crippen LogP contribution is -2.56. The fourth-order valence-corrected chi connectivity index (χ4v) is 3.96. The van der Waals surface area contributed by atoms with E-state index in [4.69, 9.17) is 4.74 Å². The maximum absolute atomic E-state index is 13.8. The number of carbonyl (C=O) groups excluding carboxylic acids is 2. The third kappa shape index (κ3) is 3.91. The number of methoxy groups -OCH3 is 1. The Hall–Kier alpha value is -3.60. The fraction of sp³-hybridized carbons (Fsp3) is 0.231. The largest absolute Gasteiger partial charge is 0.497 e.